The van der Waals surface area contributed by atoms with Crippen molar-refractivity contribution in [1.82, 2.24) is 4.98 Å². The zero-order valence-electron chi connectivity index (χ0n) is 10.5. The Labute approximate surface area is 98.5 Å². The van der Waals surface area contributed by atoms with Crippen LogP contribution >= 0.6 is 0 Å². The van der Waals surface area contributed by atoms with Crippen LogP contribution in [0.5, 0.6) is 0 Å². The van der Waals surface area contributed by atoms with Gasteiger partial charge in [-0.15, -0.1) is 6.42 Å². The average molecular weight is 216 g/mol. The minimum absolute atomic E-state index is 0.0630. The lowest BCUT2D eigenvalue weighted by molar-refractivity contribution is 0.587. The van der Waals surface area contributed by atoms with Crippen LogP contribution in [-0.4, -0.2) is 11.0 Å². The summed E-state index contributed by atoms with van der Waals surface area (Å²) in [5, 5.41) is 3.21. The third-order valence-corrected chi connectivity index (χ3v) is 2.56. The smallest absolute Gasteiger partial charge is 0.126 e. The van der Waals surface area contributed by atoms with Crippen molar-refractivity contribution in [1.29, 1.82) is 0 Å². The van der Waals surface area contributed by atoms with Gasteiger partial charge < -0.3 is 5.32 Å². The molecule has 0 amide bonds. The van der Waals surface area contributed by atoms with E-state index in [1.165, 1.54) is 5.56 Å². The standard InChI is InChI=1S/C14H20N2/c1-6-12(7-2)16-13-9-8-11(10-15-13)14(3,4)5/h1,8-10,12H,7H2,2-5H3,(H,15,16). The third-order valence-electron chi connectivity index (χ3n) is 2.56. The van der Waals surface area contributed by atoms with Crippen molar-refractivity contribution in [3.05, 3.63) is 23.9 Å². The topological polar surface area (TPSA) is 24.9 Å². The van der Waals surface area contributed by atoms with Crippen molar-refractivity contribution in [3.8, 4) is 12.3 Å². The molecular formula is C14H20N2. The zero-order valence-corrected chi connectivity index (χ0v) is 10.5. The van der Waals surface area contributed by atoms with Gasteiger partial charge in [0.2, 0.25) is 0 Å². The van der Waals surface area contributed by atoms with Crippen molar-refractivity contribution < 1.29 is 0 Å². The molecule has 0 radical (unpaired) electrons. The molecule has 1 N–H and O–H groups in total. The van der Waals surface area contributed by atoms with E-state index in [4.69, 9.17) is 6.42 Å². The predicted molar refractivity (Wildman–Crippen MR) is 69.5 cm³/mol. The molecule has 1 rings (SSSR count). The van der Waals surface area contributed by atoms with Gasteiger partial charge in [-0.1, -0.05) is 39.7 Å². The van der Waals surface area contributed by atoms with Crippen molar-refractivity contribution in [2.75, 3.05) is 5.32 Å². The average Bonchev–Trinajstić information content (AvgIpc) is 2.25. The molecule has 0 aromatic carbocycles. The van der Waals surface area contributed by atoms with Gasteiger partial charge in [0, 0.05) is 6.20 Å². The van der Waals surface area contributed by atoms with E-state index in [0.29, 0.717) is 0 Å². The SMILES string of the molecule is C#CC(CC)Nc1ccc(C(C)(C)C)cn1. The summed E-state index contributed by atoms with van der Waals surface area (Å²) in [5.41, 5.74) is 1.37. The molecule has 0 spiro atoms. The highest BCUT2D eigenvalue weighted by Crippen LogP contribution is 2.22. The van der Waals surface area contributed by atoms with Crippen LogP contribution in [0.15, 0.2) is 18.3 Å². The number of hydrogen-bond donors (Lipinski definition) is 1. The largest absolute Gasteiger partial charge is 0.356 e. The van der Waals surface area contributed by atoms with Gasteiger partial charge in [0.25, 0.3) is 0 Å². The van der Waals surface area contributed by atoms with Gasteiger partial charge >= 0.3 is 0 Å². The second kappa shape index (κ2) is 5.03. The number of nitrogens with zero attached hydrogens (tertiary/aromatic N) is 1. The quantitative estimate of drug-likeness (QED) is 0.785. The number of terminal acetylenes is 1. The van der Waals surface area contributed by atoms with E-state index in [1.807, 2.05) is 12.3 Å². The molecule has 0 aliphatic heterocycles. The number of nitrogens with one attached hydrogen (secondary N) is 1. The van der Waals surface area contributed by atoms with Gasteiger partial charge in [0.1, 0.15) is 5.82 Å². The summed E-state index contributed by atoms with van der Waals surface area (Å²) in [4.78, 5) is 4.37. The molecule has 1 heterocycles. The maximum atomic E-state index is 5.39. The first-order valence-corrected chi connectivity index (χ1v) is 5.66. The van der Waals surface area contributed by atoms with Crippen LogP contribution in [0.3, 0.4) is 0 Å². The van der Waals surface area contributed by atoms with E-state index in [0.717, 1.165) is 12.2 Å². The molecule has 16 heavy (non-hydrogen) atoms. The Morgan fingerprint density at radius 2 is 2.12 bits per heavy atom. The maximum absolute atomic E-state index is 5.39. The van der Waals surface area contributed by atoms with Gasteiger partial charge in [0.05, 0.1) is 6.04 Å². The molecule has 0 fully saturated rings. The number of pyridine rings is 1. The summed E-state index contributed by atoms with van der Waals surface area (Å²) in [7, 11) is 0. The molecule has 86 valence electrons. The van der Waals surface area contributed by atoms with Gasteiger partial charge in [-0.25, -0.2) is 4.98 Å². The van der Waals surface area contributed by atoms with Gasteiger partial charge in [-0.05, 0) is 23.5 Å². The fourth-order valence-electron chi connectivity index (χ4n) is 1.36. The molecule has 0 aliphatic carbocycles. The van der Waals surface area contributed by atoms with E-state index >= 15 is 0 Å². The molecule has 0 bridgehead atoms. The Morgan fingerprint density at radius 1 is 1.44 bits per heavy atom. The monoisotopic (exact) mass is 216 g/mol. The fraction of sp³-hybridized carbons (Fsp3) is 0.500. The fourth-order valence-corrected chi connectivity index (χ4v) is 1.36. The second-order valence-corrected chi connectivity index (χ2v) is 4.95. The van der Waals surface area contributed by atoms with E-state index in [9.17, 15) is 0 Å². The lowest BCUT2D eigenvalue weighted by Gasteiger charge is -2.19. The van der Waals surface area contributed by atoms with Crippen LogP contribution in [0, 0.1) is 12.3 Å². The molecule has 1 aromatic heterocycles. The molecule has 2 nitrogen and oxygen atoms in total. The molecule has 1 atom stereocenters. The minimum Gasteiger partial charge on any atom is -0.356 e. The van der Waals surface area contributed by atoms with Crippen LogP contribution in [0.25, 0.3) is 0 Å². The van der Waals surface area contributed by atoms with Crippen molar-refractivity contribution >= 4 is 5.82 Å². The lowest BCUT2D eigenvalue weighted by atomic mass is 9.88. The van der Waals surface area contributed by atoms with E-state index in [2.05, 4.69) is 50.0 Å². The van der Waals surface area contributed by atoms with E-state index < -0.39 is 0 Å². The van der Waals surface area contributed by atoms with Crippen molar-refractivity contribution in [3.63, 3.8) is 0 Å². The molecular weight excluding hydrogens is 196 g/mol. The molecule has 0 saturated carbocycles. The highest BCUT2D eigenvalue weighted by molar-refractivity contribution is 5.39. The van der Waals surface area contributed by atoms with E-state index in [-0.39, 0.29) is 11.5 Å². The van der Waals surface area contributed by atoms with Crippen LogP contribution < -0.4 is 5.32 Å². The Bertz CT molecular complexity index is 365. The summed E-state index contributed by atoms with van der Waals surface area (Å²) in [6.07, 6.45) is 8.20. The number of aromatic nitrogens is 1. The molecule has 1 aromatic rings. The maximum Gasteiger partial charge on any atom is 0.126 e. The Kier molecular flexibility index (Phi) is 3.95. The first kappa shape index (κ1) is 12.6. The minimum atomic E-state index is 0.0630. The van der Waals surface area contributed by atoms with Gasteiger partial charge in [0.15, 0.2) is 0 Å². The summed E-state index contributed by atoms with van der Waals surface area (Å²) in [6.45, 7) is 8.58. The van der Waals surface area contributed by atoms with Crippen LogP contribution in [-0.2, 0) is 5.41 Å². The summed E-state index contributed by atoms with van der Waals surface area (Å²) < 4.78 is 0. The van der Waals surface area contributed by atoms with E-state index in [1.54, 1.807) is 0 Å². The second-order valence-electron chi connectivity index (χ2n) is 4.95. The van der Waals surface area contributed by atoms with Crippen LogP contribution in [0.2, 0.25) is 0 Å². The normalized spacial score (nSPS) is 12.9. The van der Waals surface area contributed by atoms with Gasteiger partial charge in [-0.2, -0.15) is 0 Å². The summed E-state index contributed by atoms with van der Waals surface area (Å²) in [5.74, 6) is 3.54. The molecule has 2 heteroatoms. The van der Waals surface area contributed by atoms with Gasteiger partial charge in [-0.3, -0.25) is 0 Å². The number of rotatable bonds is 3. The third kappa shape index (κ3) is 3.27. The Balaban J connectivity index is 2.77. The number of hydrogen-bond acceptors (Lipinski definition) is 2. The highest BCUT2D eigenvalue weighted by Gasteiger charge is 2.13. The first-order valence-electron chi connectivity index (χ1n) is 5.66. The van der Waals surface area contributed by atoms with Crippen LogP contribution in [0.1, 0.15) is 39.7 Å². The van der Waals surface area contributed by atoms with Crippen molar-refractivity contribution in [2.24, 2.45) is 0 Å². The zero-order chi connectivity index (χ0) is 12.2. The van der Waals surface area contributed by atoms with Crippen molar-refractivity contribution in [2.45, 2.75) is 45.6 Å². The summed E-state index contributed by atoms with van der Waals surface area (Å²) >= 11 is 0. The Hall–Kier alpha value is -1.49. The molecule has 0 aliphatic rings. The Morgan fingerprint density at radius 3 is 2.50 bits per heavy atom. The highest BCUT2D eigenvalue weighted by atomic mass is 15.0. The molecule has 0 saturated heterocycles. The number of anilines is 1. The first-order chi connectivity index (χ1) is 7.47. The summed E-state index contributed by atoms with van der Waals surface area (Å²) in [6, 6.07) is 4.15. The molecule has 1 unspecified atom stereocenters. The van der Waals surface area contributed by atoms with Crippen LogP contribution in [0.4, 0.5) is 5.82 Å². The lowest BCUT2D eigenvalue weighted by Crippen LogP contribution is -2.17. The predicted octanol–water partition coefficient (Wildman–Crippen LogP) is 3.20.